The first-order valence-electron chi connectivity index (χ1n) is 5.86. The van der Waals surface area contributed by atoms with Gasteiger partial charge in [0.1, 0.15) is 5.75 Å². The van der Waals surface area contributed by atoms with Crippen LogP contribution in [-0.4, -0.2) is 18.1 Å². The maximum atomic E-state index is 11.4. The summed E-state index contributed by atoms with van der Waals surface area (Å²) in [6.45, 7) is 5.74. The molecule has 4 nitrogen and oxygen atoms in total. The average Bonchev–Trinajstić information content (AvgIpc) is 2.31. The lowest BCUT2D eigenvalue weighted by molar-refractivity contribution is -0.117. The van der Waals surface area contributed by atoms with Gasteiger partial charge in [-0.1, -0.05) is 6.92 Å². The van der Waals surface area contributed by atoms with Crippen LogP contribution >= 0.6 is 0 Å². The molecule has 17 heavy (non-hydrogen) atoms. The van der Waals surface area contributed by atoms with Crippen molar-refractivity contribution in [2.24, 2.45) is 5.73 Å². The smallest absolute Gasteiger partial charge is 0.240 e. The van der Waals surface area contributed by atoms with Crippen LogP contribution in [0.1, 0.15) is 27.2 Å². The van der Waals surface area contributed by atoms with Crippen molar-refractivity contribution < 1.29 is 9.53 Å². The average molecular weight is 236 g/mol. The molecule has 1 unspecified atom stereocenters. The molecule has 0 aliphatic heterocycles. The number of ether oxygens (including phenoxy) is 1. The van der Waals surface area contributed by atoms with Gasteiger partial charge in [0, 0.05) is 5.69 Å². The molecule has 4 heteroatoms. The third kappa shape index (κ3) is 4.44. The Kier molecular flexibility index (Phi) is 4.97. The minimum atomic E-state index is -0.508. The Morgan fingerprint density at radius 3 is 2.41 bits per heavy atom. The Morgan fingerprint density at radius 1 is 1.35 bits per heavy atom. The zero-order valence-electron chi connectivity index (χ0n) is 10.6. The van der Waals surface area contributed by atoms with Crippen LogP contribution in [0.4, 0.5) is 5.69 Å². The van der Waals surface area contributed by atoms with Gasteiger partial charge >= 0.3 is 0 Å². The quantitative estimate of drug-likeness (QED) is 0.823. The van der Waals surface area contributed by atoms with Crippen molar-refractivity contribution in [3.63, 3.8) is 0 Å². The van der Waals surface area contributed by atoms with Crippen LogP contribution in [0.2, 0.25) is 0 Å². The molecule has 0 aliphatic carbocycles. The number of rotatable bonds is 5. The molecule has 1 aromatic carbocycles. The first-order chi connectivity index (χ1) is 8.02. The fourth-order valence-corrected chi connectivity index (χ4v) is 1.19. The van der Waals surface area contributed by atoms with E-state index in [1.165, 1.54) is 0 Å². The Bertz CT molecular complexity index is 360. The van der Waals surface area contributed by atoms with Crippen molar-refractivity contribution in [1.29, 1.82) is 0 Å². The fourth-order valence-electron chi connectivity index (χ4n) is 1.19. The third-order valence-electron chi connectivity index (χ3n) is 2.45. The summed E-state index contributed by atoms with van der Waals surface area (Å²) >= 11 is 0. The molecule has 1 amide bonds. The van der Waals surface area contributed by atoms with Crippen molar-refractivity contribution in [3.8, 4) is 5.75 Å². The van der Waals surface area contributed by atoms with Gasteiger partial charge in [0.15, 0.2) is 0 Å². The van der Waals surface area contributed by atoms with Crippen molar-refractivity contribution in [2.45, 2.75) is 39.3 Å². The summed E-state index contributed by atoms with van der Waals surface area (Å²) in [6.07, 6.45) is 1.16. The van der Waals surface area contributed by atoms with E-state index in [-0.39, 0.29) is 12.0 Å². The second-order valence-corrected chi connectivity index (χ2v) is 4.14. The SMILES string of the molecule is CCC(C)Oc1ccc(NC(=O)[C@@H](C)N)cc1. The highest BCUT2D eigenvalue weighted by molar-refractivity contribution is 5.94. The molecule has 3 N–H and O–H groups in total. The standard InChI is InChI=1S/C13H20N2O2/c1-4-9(2)17-12-7-5-11(6-8-12)15-13(16)10(3)14/h5-10H,4,14H2,1-3H3,(H,15,16)/t9?,10-/m1/s1. The van der Waals surface area contributed by atoms with Gasteiger partial charge in [-0.05, 0) is 44.5 Å². The molecule has 0 heterocycles. The summed E-state index contributed by atoms with van der Waals surface area (Å²) in [5, 5.41) is 2.72. The summed E-state index contributed by atoms with van der Waals surface area (Å²) in [6, 6.07) is 6.77. The number of carbonyl (C=O) groups excluding carboxylic acids is 1. The number of amides is 1. The molecule has 0 spiro atoms. The van der Waals surface area contributed by atoms with Gasteiger partial charge in [0.2, 0.25) is 5.91 Å². The van der Waals surface area contributed by atoms with E-state index in [9.17, 15) is 4.79 Å². The Morgan fingerprint density at radius 2 is 1.94 bits per heavy atom. The van der Waals surface area contributed by atoms with E-state index in [1.807, 2.05) is 19.1 Å². The van der Waals surface area contributed by atoms with E-state index < -0.39 is 6.04 Å². The Labute approximate surface area is 102 Å². The molecular weight excluding hydrogens is 216 g/mol. The summed E-state index contributed by atoms with van der Waals surface area (Å²) in [4.78, 5) is 11.4. The molecule has 94 valence electrons. The van der Waals surface area contributed by atoms with Gasteiger partial charge < -0.3 is 15.8 Å². The van der Waals surface area contributed by atoms with E-state index in [0.717, 1.165) is 17.9 Å². The third-order valence-corrected chi connectivity index (χ3v) is 2.45. The monoisotopic (exact) mass is 236 g/mol. The second kappa shape index (κ2) is 6.25. The topological polar surface area (TPSA) is 64.3 Å². The minimum absolute atomic E-state index is 0.194. The molecule has 0 saturated heterocycles. The number of anilines is 1. The zero-order chi connectivity index (χ0) is 12.8. The molecule has 0 radical (unpaired) electrons. The van der Waals surface area contributed by atoms with Gasteiger partial charge in [-0.3, -0.25) is 4.79 Å². The lowest BCUT2D eigenvalue weighted by Gasteiger charge is -2.13. The van der Waals surface area contributed by atoms with E-state index >= 15 is 0 Å². The van der Waals surface area contributed by atoms with Crippen molar-refractivity contribution in [1.82, 2.24) is 0 Å². The largest absolute Gasteiger partial charge is 0.491 e. The van der Waals surface area contributed by atoms with Crippen molar-refractivity contribution in [3.05, 3.63) is 24.3 Å². The number of nitrogens with one attached hydrogen (secondary N) is 1. The molecule has 0 aromatic heterocycles. The molecule has 1 rings (SSSR count). The Balaban J connectivity index is 2.59. The molecular formula is C13H20N2O2. The van der Waals surface area contributed by atoms with E-state index in [4.69, 9.17) is 10.5 Å². The fraction of sp³-hybridized carbons (Fsp3) is 0.462. The molecule has 1 aromatic rings. The molecule has 0 fully saturated rings. The second-order valence-electron chi connectivity index (χ2n) is 4.14. The first kappa shape index (κ1) is 13.5. The highest BCUT2D eigenvalue weighted by Crippen LogP contribution is 2.17. The number of hydrogen-bond donors (Lipinski definition) is 2. The van der Waals surface area contributed by atoms with Crippen LogP contribution in [0, 0.1) is 0 Å². The highest BCUT2D eigenvalue weighted by Gasteiger charge is 2.07. The normalized spacial score (nSPS) is 13.9. The lowest BCUT2D eigenvalue weighted by Crippen LogP contribution is -2.32. The summed E-state index contributed by atoms with van der Waals surface area (Å²) in [5.41, 5.74) is 6.19. The molecule has 0 bridgehead atoms. The molecule has 0 saturated carbocycles. The van der Waals surface area contributed by atoms with Gasteiger partial charge in [0.05, 0.1) is 12.1 Å². The summed E-state index contributed by atoms with van der Waals surface area (Å²) < 4.78 is 5.63. The Hall–Kier alpha value is -1.55. The van der Waals surface area contributed by atoms with Crippen LogP contribution in [0.5, 0.6) is 5.75 Å². The number of nitrogens with two attached hydrogens (primary N) is 1. The van der Waals surface area contributed by atoms with Gasteiger partial charge in [-0.15, -0.1) is 0 Å². The number of benzene rings is 1. The number of hydrogen-bond acceptors (Lipinski definition) is 3. The van der Waals surface area contributed by atoms with Crippen molar-refractivity contribution in [2.75, 3.05) is 5.32 Å². The summed E-state index contributed by atoms with van der Waals surface area (Å²) in [5.74, 6) is 0.610. The van der Waals surface area contributed by atoms with E-state index in [1.54, 1.807) is 19.1 Å². The van der Waals surface area contributed by atoms with Gasteiger partial charge in [-0.25, -0.2) is 0 Å². The van der Waals surface area contributed by atoms with Gasteiger partial charge in [-0.2, -0.15) is 0 Å². The minimum Gasteiger partial charge on any atom is -0.491 e. The highest BCUT2D eigenvalue weighted by atomic mass is 16.5. The lowest BCUT2D eigenvalue weighted by atomic mass is 10.2. The van der Waals surface area contributed by atoms with Crippen LogP contribution in [-0.2, 0) is 4.79 Å². The maximum absolute atomic E-state index is 11.4. The number of carbonyl (C=O) groups is 1. The molecule has 0 aliphatic rings. The van der Waals surface area contributed by atoms with Crippen LogP contribution in [0.3, 0.4) is 0 Å². The van der Waals surface area contributed by atoms with Crippen LogP contribution < -0.4 is 15.8 Å². The van der Waals surface area contributed by atoms with Crippen molar-refractivity contribution >= 4 is 11.6 Å². The predicted molar refractivity (Wildman–Crippen MR) is 69.1 cm³/mol. The molecule has 2 atom stereocenters. The zero-order valence-corrected chi connectivity index (χ0v) is 10.6. The summed E-state index contributed by atoms with van der Waals surface area (Å²) in [7, 11) is 0. The first-order valence-corrected chi connectivity index (χ1v) is 5.86. The van der Waals surface area contributed by atoms with E-state index in [2.05, 4.69) is 12.2 Å². The van der Waals surface area contributed by atoms with Gasteiger partial charge in [0.25, 0.3) is 0 Å². The maximum Gasteiger partial charge on any atom is 0.240 e. The predicted octanol–water partition coefficient (Wildman–Crippen LogP) is 2.15. The van der Waals surface area contributed by atoms with E-state index in [0.29, 0.717) is 0 Å². The van der Waals surface area contributed by atoms with Crippen LogP contribution in [0.15, 0.2) is 24.3 Å². The van der Waals surface area contributed by atoms with Crippen LogP contribution in [0.25, 0.3) is 0 Å².